The Hall–Kier alpha value is -1.52. The number of nitrogens with one attached hydrogen (secondary N) is 1. The van der Waals surface area contributed by atoms with Gasteiger partial charge in [-0.25, -0.2) is 0 Å². The lowest BCUT2D eigenvalue weighted by atomic mass is 10.2. The van der Waals surface area contributed by atoms with Crippen LogP contribution in [0, 0.1) is 0 Å². The summed E-state index contributed by atoms with van der Waals surface area (Å²) in [5, 5.41) is 3.41. The molecule has 0 aromatic heterocycles. The van der Waals surface area contributed by atoms with Crippen LogP contribution in [-0.4, -0.2) is 14.2 Å². The molecule has 0 saturated carbocycles. The summed E-state index contributed by atoms with van der Waals surface area (Å²) in [6, 6.07) is 14.3. The molecule has 3 nitrogen and oxygen atoms in total. The molecule has 1 N–H and O–H groups in total. The van der Waals surface area contributed by atoms with E-state index in [0.29, 0.717) is 0 Å². The van der Waals surface area contributed by atoms with Crippen molar-refractivity contribution in [2.45, 2.75) is 13.1 Å². The molecule has 0 bridgehead atoms. The van der Waals surface area contributed by atoms with Gasteiger partial charge in [-0.1, -0.05) is 34.1 Å². The van der Waals surface area contributed by atoms with E-state index in [4.69, 9.17) is 9.47 Å². The number of hydrogen-bond donors (Lipinski definition) is 1. The molecule has 0 aliphatic heterocycles. The fraction of sp³-hybridized carbons (Fsp3) is 0.250. The molecular weight excluding hydrogens is 318 g/mol. The van der Waals surface area contributed by atoms with E-state index in [9.17, 15) is 0 Å². The van der Waals surface area contributed by atoms with Gasteiger partial charge in [0, 0.05) is 17.6 Å². The van der Waals surface area contributed by atoms with Gasteiger partial charge < -0.3 is 14.8 Å². The van der Waals surface area contributed by atoms with Gasteiger partial charge in [0.25, 0.3) is 0 Å². The van der Waals surface area contributed by atoms with Crippen LogP contribution in [-0.2, 0) is 13.1 Å². The molecular formula is C16H18BrNO2. The van der Waals surface area contributed by atoms with Gasteiger partial charge in [0.05, 0.1) is 14.2 Å². The predicted molar refractivity (Wildman–Crippen MR) is 84.2 cm³/mol. The van der Waals surface area contributed by atoms with Crippen LogP contribution in [0.4, 0.5) is 0 Å². The van der Waals surface area contributed by atoms with Crippen molar-refractivity contribution in [3.05, 3.63) is 58.1 Å². The highest BCUT2D eigenvalue weighted by molar-refractivity contribution is 9.10. The number of methoxy groups -OCH3 is 2. The van der Waals surface area contributed by atoms with Crippen LogP contribution >= 0.6 is 15.9 Å². The highest BCUT2D eigenvalue weighted by atomic mass is 79.9. The summed E-state index contributed by atoms with van der Waals surface area (Å²) < 4.78 is 11.6. The molecule has 0 heterocycles. The Morgan fingerprint density at radius 2 is 1.45 bits per heavy atom. The third kappa shape index (κ3) is 3.99. The van der Waals surface area contributed by atoms with E-state index in [0.717, 1.165) is 29.1 Å². The second-order valence-corrected chi connectivity index (χ2v) is 5.34. The van der Waals surface area contributed by atoms with E-state index in [-0.39, 0.29) is 0 Å². The summed E-state index contributed by atoms with van der Waals surface area (Å²) in [5.74, 6) is 1.51. The monoisotopic (exact) mass is 335 g/mol. The number of hydrogen-bond acceptors (Lipinski definition) is 3. The van der Waals surface area contributed by atoms with Crippen molar-refractivity contribution in [2.75, 3.05) is 14.2 Å². The van der Waals surface area contributed by atoms with Gasteiger partial charge in [-0.2, -0.15) is 0 Å². The summed E-state index contributed by atoms with van der Waals surface area (Å²) in [6.07, 6.45) is 0. The first kappa shape index (κ1) is 14.9. The first-order valence-electron chi connectivity index (χ1n) is 6.39. The minimum Gasteiger partial charge on any atom is -0.493 e. The zero-order valence-corrected chi connectivity index (χ0v) is 13.2. The highest BCUT2D eigenvalue weighted by Crippen LogP contribution is 2.27. The second-order valence-electron chi connectivity index (χ2n) is 4.42. The van der Waals surface area contributed by atoms with Gasteiger partial charge in [0.1, 0.15) is 0 Å². The Kier molecular flexibility index (Phi) is 5.44. The average molecular weight is 336 g/mol. The van der Waals surface area contributed by atoms with Crippen LogP contribution in [0.3, 0.4) is 0 Å². The third-order valence-corrected chi connectivity index (χ3v) is 3.55. The summed E-state index contributed by atoms with van der Waals surface area (Å²) in [5.41, 5.74) is 2.42. The van der Waals surface area contributed by atoms with Crippen LogP contribution in [0.1, 0.15) is 11.1 Å². The summed E-state index contributed by atoms with van der Waals surface area (Å²) in [7, 11) is 3.29. The van der Waals surface area contributed by atoms with Crippen LogP contribution < -0.4 is 14.8 Å². The lowest BCUT2D eigenvalue weighted by Gasteiger charge is -2.10. The smallest absolute Gasteiger partial charge is 0.161 e. The molecule has 0 fully saturated rings. The molecule has 0 unspecified atom stereocenters. The van der Waals surface area contributed by atoms with Gasteiger partial charge >= 0.3 is 0 Å². The molecule has 0 spiro atoms. The normalized spacial score (nSPS) is 10.3. The zero-order valence-electron chi connectivity index (χ0n) is 11.7. The van der Waals surface area contributed by atoms with Crippen molar-refractivity contribution in [1.82, 2.24) is 5.32 Å². The predicted octanol–water partition coefficient (Wildman–Crippen LogP) is 3.76. The van der Waals surface area contributed by atoms with E-state index in [2.05, 4.69) is 33.4 Å². The summed E-state index contributed by atoms with van der Waals surface area (Å²) in [4.78, 5) is 0. The Morgan fingerprint density at radius 3 is 2.10 bits per heavy atom. The van der Waals surface area contributed by atoms with Crippen LogP contribution in [0.25, 0.3) is 0 Å². The van der Waals surface area contributed by atoms with E-state index in [1.807, 2.05) is 30.3 Å². The second kappa shape index (κ2) is 7.31. The number of rotatable bonds is 6. The number of halogens is 1. The first-order chi connectivity index (χ1) is 9.72. The van der Waals surface area contributed by atoms with E-state index in [1.54, 1.807) is 14.2 Å². The molecule has 20 heavy (non-hydrogen) atoms. The molecule has 0 amide bonds. The van der Waals surface area contributed by atoms with E-state index in [1.165, 1.54) is 11.1 Å². The van der Waals surface area contributed by atoms with Crippen molar-refractivity contribution in [3.8, 4) is 11.5 Å². The van der Waals surface area contributed by atoms with Crippen molar-refractivity contribution in [3.63, 3.8) is 0 Å². The molecule has 4 heteroatoms. The molecule has 0 aliphatic rings. The minimum absolute atomic E-state index is 0.754. The standard InChI is InChI=1S/C16H18BrNO2/c1-19-15-8-5-13(9-16(15)20-2)11-18-10-12-3-6-14(17)7-4-12/h3-9,18H,10-11H2,1-2H3. The van der Waals surface area contributed by atoms with Gasteiger partial charge in [-0.05, 0) is 35.4 Å². The molecule has 2 aromatic rings. The summed E-state index contributed by atoms with van der Waals surface area (Å²) >= 11 is 3.43. The van der Waals surface area contributed by atoms with Gasteiger partial charge in [0.2, 0.25) is 0 Å². The molecule has 2 aromatic carbocycles. The van der Waals surface area contributed by atoms with Crippen LogP contribution in [0.5, 0.6) is 11.5 Å². The number of ether oxygens (including phenoxy) is 2. The molecule has 106 valence electrons. The van der Waals surface area contributed by atoms with Gasteiger partial charge in [0.15, 0.2) is 11.5 Å². The molecule has 0 radical (unpaired) electrons. The largest absolute Gasteiger partial charge is 0.493 e. The van der Waals surface area contributed by atoms with Crippen molar-refractivity contribution in [2.24, 2.45) is 0 Å². The van der Waals surface area contributed by atoms with E-state index < -0.39 is 0 Å². The SMILES string of the molecule is COc1ccc(CNCc2ccc(Br)cc2)cc1OC. The van der Waals surface area contributed by atoms with Gasteiger partial charge in [-0.15, -0.1) is 0 Å². The van der Waals surface area contributed by atoms with Crippen LogP contribution in [0.2, 0.25) is 0 Å². The maximum Gasteiger partial charge on any atom is 0.161 e. The highest BCUT2D eigenvalue weighted by Gasteiger charge is 2.04. The van der Waals surface area contributed by atoms with Crippen molar-refractivity contribution in [1.29, 1.82) is 0 Å². The lowest BCUT2D eigenvalue weighted by Crippen LogP contribution is -2.12. The van der Waals surface area contributed by atoms with Crippen LogP contribution in [0.15, 0.2) is 46.9 Å². The fourth-order valence-corrected chi connectivity index (χ4v) is 2.21. The van der Waals surface area contributed by atoms with Crippen molar-refractivity contribution < 1.29 is 9.47 Å². The fourth-order valence-electron chi connectivity index (χ4n) is 1.94. The Bertz CT molecular complexity index is 555. The Balaban J connectivity index is 1.92. The maximum absolute atomic E-state index is 5.30. The van der Waals surface area contributed by atoms with Gasteiger partial charge in [-0.3, -0.25) is 0 Å². The topological polar surface area (TPSA) is 30.5 Å². The van der Waals surface area contributed by atoms with E-state index >= 15 is 0 Å². The molecule has 2 rings (SSSR count). The first-order valence-corrected chi connectivity index (χ1v) is 7.18. The average Bonchev–Trinajstić information content (AvgIpc) is 2.49. The lowest BCUT2D eigenvalue weighted by molar-refractivity contribution is 0.354. The Labute approximate surface area is 128 Å². The van der Waals surface area contributed by atoms with Crippen molar-refractivity contribution >= 4 is 15.9 Å². The maximum atomic E-state index is 5.30. The zero-order chi connectivity index (χ0) is 14.4. The Morgan fingerprint density at radius 1 is 0.850 bits per heavy atom. The third-order valence-electron chi connectivity index (χ3n) is 3.02. The molecule has 0 aliphatic carbocycles. The summed E-state index contributed by atoms with van der Waals surface area (Å²) in [6.45, 7) is 1.62. The minimum atomic E-state index is 0.754. The molecule has 0 atom stereocenters. The molecule has 0 saturated heterocycles. The quantitative estimate of drug-likeness (QED) is 0.871. The number of benzene rings is 2.